The summed E-state index contributed by atoms with van der Waals surface area (Å²) >= 11 is 1.65. The van der Waals surface area contributed by atoms with Crippen LogP contribution in [0.4, 0.5) is 0 Å². The number of β-amino-alcohol motifs (C(OH)–C–C–N with tert-alkyl or cyclic N) is 1. The van der Waals surface area contributed by atoms with Crippen LogP contribution in [0.15, 0.2) is 16.8 Å². The van der Waals surface area contributed by atoms with Gasteiger partial charge in [-0.25, -0.2) is 0 Å². The van der Waals surface area contributed by atoms with E-state index in [2.05, 4.69) is 11.8 Å². The molecule has 1 N–H and O–H groups in total. The molecule has 0 aliphatic carbocycles. The molecule has 2 heterocycles. The van der Waals surface area contributed by atoms with Gasteiger partial charge in [0, 0.05) is 19.6 Å². The van der Waals surface area contributed by atoms with Crippen LogP contribution < -0.4 is 0 Å². The van der Waals surface area contributed by atoms with E-state index in [-0.39, 0.29) is 6.10 Å². The zero-order chi connectivity index (χ0) is 10.7. The smallest absolute Gasteiger partial charge is 0.0924 e. The first-order chi connectivity index (χ1) is 7.29. The third kappa shape index (κ3) is 2.80. The summed E-state index contributed by atoms with van der Waals surface area (Å²) in [4.78, 5) is 2.35. The van der Waals surface area contributed by atoms with Gasteiger partial charge in [0.25, 0.3) is 0 Å². The number of hydrogen-bond acceptors (Lipinski definition) is 3. The molecule has 2 rings (SSSR count). The maximum Gasteiger partial charge on any atom is 0.0924 e. The summed E-state index contributed by atoms with van der Waals surface area (Å²) in [6.45, 7) is 5.39. The Kier molecular flexibility index (Phi) is 3.78. The molecule has 15 heavy (non-hydrogen) atoms. The van der Waals surface area contributed by atoms with Crippen molar-refractivity contribution in [2.24, 2.45) is 5.92 Å². The summed E-state index contributed by atoms with van der Waals surface area (Å²) in [7, 11) is 0. The number of nitrogens with zero attached hydrogens (tertiary/aromatic N) is 1. The number of rotatable bonds is 5. The van der Waals surface area contributed by atoms with Gasteiger partial charge in [0.05, 0.1) is 6.10 Å². The van der Waals surface area contributed by atoms with Crippen LogP contribution in [0.25, 0.3) is 0 Å². The molecule has 0 aromatic carbocycles. The Hall–Kier alpha value is -0.380. The maximum atomic E-state index is 9.93. The molecular formula is C12H19NOS. The van der Waals surface area contributed by atoms with Gasteiger partial charge in [-0.2, -0.15) is 11.3 Å². The van der Waals surface area contributed by atoms with E-state index in [4.69, 9.17) is 0 Å². The third-order valence-corrected chi connectivity index (χ3v) is 3.79. The Morgan fingerprint density at radius 3 is 3.00 bits per heavy atom. The van der Waals surface area contributed by atoms with Gasteiger partial charge in [-0.1, -0.05) is 13.3 Å². The van der Waals surface area contributed by atoms with E-state index >= 15 is 0 Å². The van der Waals surface area contributed by atoms with E-state index in [0.29, 0.717) is 0 Å². The van der Waals surface area contributed by atoms with Crippen molar-refractivity contribution in [2.45, 2.75) is 25.9 Å². The van der Waals surface area contributed by atoms with Gasteiger partial charge >= 0.3 is 0 Å². The molecular weight excluding hydrogens is 206 g/mol. The second-order valence-electron chi connectivity index (χ2n) is 4.45. The molecule has 1 unspecified atom stereocenters. The molecule has 0 bridgehead atoms. The Balaban J connectivity index is 1.71. The first kappa shape index (κ1) is 11.1. The Bertz CT molecular complexity index is 280. The first-order valence-electron chi connectivity index (χ1n) is 5.72. The number of likely N-dealkylation sites (tertiary alicyclic amines) is 1. The van der Waals surface area contributed by atoms with Crippen molar-refractivity contribution in [3.8, 4) is 0 Å². The Labute approximate surface area is 95.5 Å². The highest BCUT2D eigenvalue weighted by molar-refractivity contribution is 7.07. The number of aliphatic hydroxyl groups excluding tert-OH is 1. The lowest BCUT2D eigenvalue weighted by Gasteiger charge is -2.40. The van der Waals surface area contributed by atoms with E-state index in [1.165, 1.54) is 25.9 Å². The van der Waals surface area contributed by atoms with Gasteiger partial charge in [-0.15, -0.1) is 0 Å². The van der Waals surface area contributed by atoms with Gasteiger partial charge in [0.1, 0.15) is 0 Å². The number of hydrogen-bond donors (Lipinski definition) is 1. The molecule has 1 aromatic rings. The summed E-state index contributed by atoms with van der Waals surface area (Å²) in [6.07, 6.45) is 2.33. The van der Waals surface area contributed by atoms with Crippen LogP contribution in [0.2, 0.25) is 0 Å². The summed E-state index contributed by atoms with van der Waals surface area (Å²) in [5.74, 6) is 0.879. The Morgan fingerprint density at radius 2 is 2.40 bits per heavy atom. The van der Waals surface area contributed by atoms with Crippen LogP contribution in [0.1, 0.15) is 31.4 Å². The fourth-order valence-corrected chi connectivity index (χ4v) is 2.94. The average Bonchev–Trinajstić information content (AvgIpc) is 2.67. The van der Waals surface area contributed by atoms with Crippen LogP contribution in [0.5, 0.6) is 0 Å². The quantitative estimate of drug-likeness (QED) is 0.832. The predicted molar refractivity (Wildman–Crippen MR) is 64.1 cm³/mol. The van der Waals surface area contributed by atoms with Crippen LogP contribution in [0.3, 0.4) is 0 Å². The summed E-state index contributed by atoms with van der Waals surface area (Å²) in [5, 5.41) is 14.0. The summed E-state index contributed by atoms with van der Waals surface area (Å²) in [5.41, 5.74) is 1.07. The highest BCUT2D eigenvalue weighted by Gasteiger charge is 2.27. The highest BCUT2D eigenvalue weighted by atomic mass is 32.1. The van der Waals surface area contributed by atoms with Crippen LogP contribution in [0, 0.1) is 5.92 Å². The molecule has 0 spiro atoms. The minimum absolute atomic E-state index is 0.293. The lowest BCUT2D eigenvalue weighted by molar-refractivity contribution is 0.0364. The van der Waals surface area contributed by atoms with Gasteiger partial charge in [-0.3, -0.25) is 4.90 Å². The number of aliphatic hydroxyl groups is 1. The summed E-state index contributed by atoms with van der Waals surface area (Å²) in [6, 6.07) is 2.01. The first-order valence-corrected chi connectivity index (χ1v) is 6.66. The van der Waals surface area contributed by atoms with Gasteiger partial charge < -0.3 is 5.11 Å². The van der Waals surface area contributed by atoms with Gasteiger partial charge in [0.2, 0.25) is 0 Å². The van der Waals surface area contributed by atoms with Crippen LogP contribution >= 0.6 is 11.3 Å². The van der Waals surface area contributed by atoms with Crippen molar-refractivity contribution in [3.63, 3.8) is 0 Å². The normalized spacial score (nSPS) is 20.1. The third-order valence-electron chi connectivity index (χ3n) is 3.09. The van der Waals surface area contributed by atoms with Crippen molar-refractivity contribution in [1.82, 2.24) is 4.90 Å². The molecule has 1 aromatic heterocycles. The van der Waals surface area contributed by atoms with E-state index in [1.807, 2.05) is 16.8 Å². The van der Waals surface area contributed by atoms with Crippen molar-refractivity contribution >= 4 is 11.3 Å². The Morgan fingerprint density at radius 1 is 1.60 bits per heavy atom. The second-order valence-corrected chi connectivity index (χ2v) is 5.23. The molecule has 3 heteroatoms. The van der Waals surface area contributed by atoms with E-state index in [9.17, 15) is 5.11 Å². The van der Waals surface area contributed by atoms with Gasteiger partial charge in [-0.05, 0) is 34.7 Å². The van der Waals surface area contributed by atoms with E-state index in [0.717, 1.165) is 18.0 Å². The molecule has 1 aliphatic heterocycles. The van der Waals surface area contributed by atoms with E-state index < -0.39 is 0 Å². The van der Waals surface area contributed by atoms with Crippen molar-refractivity contribution < 1.29 is 5.11 Å². The molecule has 0 radical (unpaired) electrons. The second kappa shape index (κ2) is 5.10. The van der Waals surface area contributed by atoms with E-state index in [1.54, 1.807) is 11.3 Å². The van der Waals surface area contributed by atoms with Crippen molar-refractivity contribution in [2.75, 3.05) is 19.6 Å². The van der Waals surface area contributed by atoms with Crippen molar-refractivity contribution in [3.05, 3.63) is 22.4 Å². The summed E-state index contributed by atoms with van der Waals surface area (Å²) < 4.78 is 0. The molecule has 1 fully saturated rings. The predicted octanol–water partition coefficient (Wildman–Crippen LogP) is 2.51. The highest BCUT2D eigenvalue weighted by Crippen LogP contribution is 2.24. The topological polar surface area (TPSA) is 23.5 Å². The van der Waals surface area contributed by atoms with Gasteiger partial charge in [0.15, 0.2) is 0 Å². The minimum Gasteiger partial charge on any atom is -0.387 e. The monoisotopic (exact) mass is 225 g/mol. The van der Waals surface area contributed by atoms with Crippen LogP contribution in [-0.4, -0.2) is 29.6 Å². The molecule has 0 amide bonds. The molecule has 1 aliphatic rings. The number of thiophene rings is 1. The minimum atomic E-state index is -0.293. The maximum absolute atomic E-state index is 9.93. The standard InChI is InChI=1S/C12H19NOS/c1-2-3-10-6-13(7-10)8-12(14)11-4-5-15-9-11/h4-5,9-10,12,14H,2-3,6-8H2,1H3. The van der Waals surface area contributed by atoms with Crippen molar-refractivity contribution in [1.29, 1.82) is 0 Å². The lowest BCUT2D eigenvalue weighted by Crippen LogP contribution is -2.48. The fraction of sp³-hybridized carbons (Fsp3) is 0.667. The molecule has 84 valence electrons. The molecule has 1 saturated heterocycles. The van der Waals surface area contributed by atoms with Crippen LogP contribution in [-0.2, 0) is 0 Å². The molecule has 2 nitrogen and oxygen atoms in total. The molecule has 0 saturated carbocycles. The lowest BCUT2D eigenvalue weighted by atomic mass is 9.94. The zero-order valence-electron chi connectivity index (χ0n) is 9.22. The fourth-order valence-electron chi connectivity index (χ4n) is 2.23. The SMILES string of the molecule is CCCC1CN(CC(O)c2ccsc2)C1. The average molecular weight is 225 g/mol. The largest absolute Gasteiger partial charge is 0.387 e. The molecule has 1 atom stereocenters. The zero-order valence-corrected chi connectivity index (χ0v) is 10.0.